The van der Waals surface area contributed by atoms with Gasteiger partial charge in [-0.25, -0.2) is 4.79 Å². The van der Waals surface area contributed by atoms with Crippen molar-refractivity contribution in [2.45, 2.75) is 5.60 Å². The molecule has 0 unspecified atom stereocenters. The van der Waals surface area contributed by atoms with Crippen molar-refractivity contribution in [1.29, 1.82) is 0 Å². The van der Waals surface area contributed by atoms with Crippen LogP contribution in [0.5, 0.6) is 0 Å². The molecule has 20 heavy (non-hydrogen) atoms. The molecular formula is C16H13NO3. The molecule has 0 atom stereocenters. The third kappa shape index (κ3) is 1.96. The molecular weight excluding hydrogens is 254 g/mol. The van der Waals surface area contributed by atoms with Crippen molar-refractivity contribution in [3.05, 3.63) is 83.6 Å². The van der Waals surface area contributed by atoms with Gasteiger partial charge in [0.05, 0.1) is 0 Å². The van der Waals surface area contributed by atoms with Crippen molar-refractivity contribution < 1.29 is 14.7 Å². The molecule has 0 saturated carbocycles. The lowest BCUT2D eigenvalue weighted by Crippen LogP contribution is -2.28. The molecule has 2 aromatic rings. The topological polar surface area (TPSA) is 58.6 Å². The van der Waals surface area contributed by atoms with E-state index in [0.29, 0.717) is 0 Å². The Morgan fingerprint density at radius 1 is 0.950 bits per heavy atom. The number of benzene rings is 2. The molecule has 4 nitrogen and oxygen atoms in total. The van der Waals surface area contributed by atoms with Gasteiger partial charge in [0.25, 0.3) is 0 Å². The third-order valence-electron chi connectivity index (χ3n) is 3.31. The van der Waals surface area contributed by atoms with Gasteiger partial charge in [-0.15, -0.1) is 0 Å². The van der Waals surface area contributed by atoms with E-state index in [-0.39, 0.29) is 5.70 Å². The number of hydrogen-bond donors (Lipinski definition) is 2. The van der Waals surface area contributed by atoms with Crippen molar-refractivity contribution in [3.63, 3.8) is 0 Å². The minimum absolute atomic E-state index is 0.0395. The summed E-state index contributed by atoms with van der Waals surface area (Å²) in [5.41, 5.74) is 3.37. The second-order valence-electron chi connectivity index (χ2n) is 4.53. The largest absolute Gasteiger partial charge is 0.477 e. The van der Waals surface area contributed by atoms with E-state index < -0.39 is 11.6 Å². The van der Waals surface area contributed by atoms with Gasteiger partial charge in [0, 0.05) is 0 Å². The van der Waals surface area contributed by atoms with E-state index in [1.54, 1.807) is 6.08 Å². The molecule has 1 aliphatic heterocycles. The molecule has 2 N–H and O–H groups in total. The predicted octanol–water partition coefficient (Wildman–Crippen LogP) is 2.43. The fourth-order valence-electron chi connectivity index (χ4n) is 2.33. The maximum absolute atomic E-state index is 11.1. The Morgan fingerprint density at radius 3 is 1.85 bits per heavy atom. The van der Waals surface area contributed by atoms with Gasteiger partial charge in [0.2, 0.25) is 0 Å². The molecule has 0 radical (unpaired) electrons. The third-order valence-corrected chi connectivity index (χ3v) is 3.31. The molecule has 2 aromatic carbocycles. The summed E-state index contributed by atoms with van der Waals surface area (Å²) in [6.45, 7) is 0. The number of hydrogen-bond acceptors (Lipinski definition) is 3. The van der Waals surface area contributed by atoms with Crippen LogP contribution >= 0.6 is 0 Å². The Kier molecular flexibility index (Phi) is 3.00. The molecule has 0 aliphatic carbocycles. The average Bonchev–Trinajstić information content (AvgIpc) is 2.96. The summed E-state index contributed by atoms with van der Waals surface area (Å²) in [7, 11) is 0. The first kappa shape index (κ1) is 12.4. The minimum Gasteiger partial charge on any atom is -0.477 e. The summed E-state index contributed by atoms with van der Waals surface area (Å²) in [4.78, 5) is 16.8. The van der Waals surface area contributed by atoms with Crippen molar-refractivity contribution in [1.82, 2.24) is 5.48 Å². The number of carboxylic acid groups (broad SMARTS) is 1. The summed E-state index contributed by atoms with van der Waals surface area (Å²) in [6.07, 6.45) is 1.60. The lowest BCUT2D eigenvalue weighted by molar-refractivity contribution is -0.134. The second-order valence-corrected chi connectivity index (χ2v) is 4.53. The van der Waals surface area contributed by atoms with E-state index in [1.165, 1.54) is 0 Å². The fraction of sp³-hybridized carbons (Fsp3) is 0.0625. The summed E-state index contributed by atoms with van der Waals surface area (Å²) >= 11 is 0. The maximum atomic E-state index is 11.1. The van der Waals surface area contributed by atoms with Gasteiger partial charge in [-0.3, -0.25) is 10.3 Å². The highest BCUT2D eigenvalue weighted by molar-refractivity contribution is 5.86. The van der Waals surface area contributed by atoms with Crippen LogP contribution in [0.1, 0.15) is 11.1 Å². The zero-order chi connectivity index (χ0) is 14.0. The van der Waals surface area contributed by atoms with Crippen LogP contribution in [0.25, 0.3) is 0 Å². The van der Waals surface area contributed by atoms with E-state index in [0.717, 1.165) is 11.1 Å². The van der Waals surface area contributed by atoms with Crippen LogP contribution < -0.4 is 5.48 Å². The van der Waals surface area contributed by atoms with Crippen molar-refractivity contribution in [2.75, 3.05) is 0 Å². The van der Waals surface area contributed by atoms with Gasteiger partial charge in [0.1, 0.15) is 5.70 Å². The first-order valence-electron chi connectivity index (χ1n) is 6.23. The summed E-state index contributed by atoms with van der Waals surface area (Å²) in [6, 6.07) is 19.1. The monoisotopic (exact) mass is 267 g/mol. The summed E-state index contributed by atoms with van der Waals surface area (Å²) < 4.78 is 0. The highest BCUT2D eigenvalue weighted by Gasteiger charge is 2.40. The van der Waals surface area contributed by atoms with Gasteiger partial charge < -0.3 is 5.11 Å². The van der Waals surface area contributed by atoms with Crippen molar-refractivity contribution >= 4 is 5.97 Å². The number of rotatable bonds is 3. The fourth-order valence-corrected chi connectivity index (χ4v) is 2.33. The maximum Gasteiger partial charge on any atom is 0.354 e. The molecule has 0 amide bonds. The van der Waals surface area contributed by atoms with Gasteiger partial charge in [0.15, 0.2) is 5.60 Å². The van der Waals surface area contributed by atoms with Crippen LogP contribution in [0.3, 0.4) is 0 Å². The summed E-state index contributed by atoms with van der Waals surface area (Å²) in [5, 5.41) is 9.13. The SMILES string of the molecule is O=C(O)C1=CC(c2ccccc2)(c2ccccc2)ON1. The van der Waals surface area contributed by atoms with Gasteiger partial charge in [-0.05, 0) is 17.2 Å². The predicted molar refractivity (Wildman–Crippen MR) is 73.6 cm³/mol. The standard InChI is InChI=1S/C16H13NO3/c18-15(19)14-11-16(20-17-14,12-7-3-1-4-8-12)13-9-5-2-6-10-13/h1-11,17H,(H,18,19). The lowest BCUT2D eigenvalue weighted by Gasteiger charge is -2.26. The normalized spacial score (nSPS) is 16.3. The Bertz CT molecular complexity index is 610. The van der Waals surface area contributed by atoms with Gasteiger partial charge in [-0.2, -0.15) is 0 Å². The van der Waals surface area contributed by atoms with Crippen molar-refractivity contribution in [3.8, 4) is 0 Å². The highest BCUT2D eigenvalue weighted by Crippen LogP contribution is 2.38. The molecule has 1 aliphatic rings. The Labute approximate surface area is 116 Å². The molecule has 4 heteroatoms. The molecule has 3 rings (SSSR count). The Morgan fingerprint density at radius 2 is 1.45 bits per heavy atom. The molecule has 1 heterocycles. The van der Waals surface area contributed by atoms with Gasteiger partial charge >= 0.3 is 5.97 Å². The lowest BCUT2D eigenvalue weighted by atomic mass is 9.86. The van der Waals surface area contributed by atoms with E-state index in [2.05, 4.69) is 5.48 Å². The van der Waals surface area contributed by atoms with Crippen LogP contribution in [0, 0.1) is 0 Å². The smallest absolute Gasteiger partial charge is 0.354 e. The van der Waals surface area contributed by atoms with Crippen LogP contribution in [-0.4, -0.2) is 11.1 Å². The van der Waals surface area contributed by atoms with Crippen molar-refractivity contribution in [2.24, 2.45) is 0 Å². The molecule has 0 fully saturated rings. The molecule has 0 saturated heterocycles. The van der Waals surface area contributed by atoms with Gasteiger partial charge in [-0.1, -0.05) is 60.7 Å². The highest BCUT2D eigenvalue weighted by atomic mass is 16.7. The number of carboxylic acids is 1. The molecule has 100 valence electrons. The Hall–Kier alpha value is -2.59. The second kappa shape index (κ2) is 4.83. The zero-order valence-corrected chi connectivity index (χ0v) is 10.6. The van der Waals surface area contributed by atoms with E-state index in [4.69, 9.17) is 9.94 Å². The van der Waals surface area contributed by atoms with E-state index in [1.807, 2.05) is 60.7 Å². The molecule has 0 aromatic heterocycles. The number of hydroxylamine groups is 1. The molecule has 0 bridgehead atoms. The number of carbonyl (C=O) groups is 1. The summed E-state index contributed by atoms with van der Waals surface area (Å²) in [5.74, 6) is -1.04. The number of nitrogens with one attached hydrogen (secondary N) is 1. The first-order chi connectivity index (χ1) is 9.72. The minimum atomic E-state index is -1.04. The zero-order valence-electron chi connectivity index (χ0n) is 10.6. The quantitative estimate of drug-likeness (QED) is 0.896. The average molecular weight is 267 g/mol. The van der Waals surface area contributed by atoms with E-state index >= 15 is 0 Å². The number of aliphatic carboxylic acids is 1. The van der Waals surface area contributed by atoms with Crippen LogP contribution in [-0.2, 0) is 15.2 Å². The van der Waals surface area contributed by atoms with E-state index in [9.17, 15) is 4.79 Å². The van der Waals surface area contributed by atoms with Crippen LogP contribution in [0.15, 0.2) is 72.4 Å². The van der Waals surface area contributed by atoms with Crippen LogP contribution in [0.2, 0.25) is 0 Å². The molecule has 0 spiro atoms. The Balaban J connectivity index is 2.18. The van der Waals surface area contributed by atoms with Crippen LogP contribution in [0.4, 0.5) is 0 Å². The first-order valence-corrected chi connectivity index (χ1v) is 6.23.